The molecule has 1 amide bonds. The van der Waals surface area contributed by atoms with Crippen LogP contribution in [0.1, 0.15) is 47.0 Å². The van der Waals surface area contributed by atoms with Crippen molar-refractivity contribution in [1.29, 1.82) is 0 Å². The summed E-state index contributed by atoms with van der Waals surface area (Å²) in [6.45, 7) is 3.11. The molecule has 6 nitrogen and oxygen atoms in total. The highest BCUT2D eigenvalue weighted by molar-refractivity contribution is 7.17. The number of thiophene rings is 1. The number of carbonyl (C=O) groups excluding carboxylic acids is 2. The summed E-state index contributed by atoms with van der Waals surface area (Å²) in [6.07, 6.45) is 4.31. The first-order valence-corrected chi connectivity index (χ1v) is 8.92. The van der Waals surface area contributed by atoms with Crippen LogP contribution in [0, 0.1) is 0 Å². The maximum atomic E-state index is 12.3. The van der Waals surface area contributed by atoms with Crippen LogP contribution in [0.2, 0.25) is 0 Å². The Labute approximate surface area is 140 Å². The number of carbonyl (C=O) groups is 2. The number of hydrogen-bond donors (Lipinski definition) is 3. The van der Waals surface area contributed by atoms with Gasteiger partial charge in [-0.2, -0.15) is 0 Å². The van der Waals surface area contributed by atoms with Gasteiger partial charge < -0.3 is 20.5 Å². The molecular weight excluding hydrogens is 316 g/mol. The van der Waals surface area contributed by atoms with Crippen molar-refractivity contribution < 1.29 is 19.4 Å². The van der Waals surface area contributed by atoms with Crippen LogP contribution < -0.4 is 10.6 Å². The number of aliphatic hydroxyl groups is 1. The van der Waals surface area contributed by atoms with E-state index < -0.39 is 0 Å². The minimum Gasteiger partial charge on any atom is -0.462 e. The number of nitrogens with one attached hydrogen (secondary N) is 2. The highest BCUT2D eigenvalue weighted by Gasteiger charge is 2.27. The number of anilines is 1. The van der Waals surface area contributed by atoms with Crippen molar-refractivity contribution in [3.05, 3.63) is 16.0 Å². The molecule has 0 fully saturated rings. The topological polar surface area (TPSA) is 87.7 Å². The molecule has 0 bridgehead atoms. The average molecular weight is 340 g/mol. The Kier molecular flexibility index (Phi) is 7.01. The number of esters is 1. The third-order valence-electron chi connectivity index (χ3n) is 3.72. The standard InChI is InChI=1S/C16H24N2O4S/c1-2-22-16(21)14-11-5-3-4-6-12(11)23-15(14)18-13(20)7-8-17-9-10-19/h17,19H,2-10H2,1H3,(H,18,20). The molecule has 1 heterocycles. The van der Waals surface area contributed by atoms with E-state index in [0.717, 1.165) is 31.2 Å². The van der Waals surface area contributed by atoms with Gasteiger partial charge in [-0.15, -0.1) is 11.3 Å². The fourth-order valence-corrected chi connectivity index (χ4v) is 3.96. The molecule has 0 spiro atoms. The van der Waals surface area contributed by atoms with E-state index in [-0.39, 0.29) is 18.5 Å². The first kappa shape index (κ1) is 17.9. The molecule has 1 aliphatic carbocycles. The lowest BCUT2D eigenvalue weighted by Gasteiger charge is -2.12. The molecule has 1 aromatic heterocycles. The monoisotopic (exact) mass is 340 g/mol. The molecule has 1 aromatic rings. The van der Waals surface area contributed by atoms with E-state index in [1.807, 2.05) is 0 Å². The quantitative estimate of drug-likeness (QED) is 0.495. The van der Waals surface area contributed by atoms with Crippen LogP contribution in [0.4, 0.5) is 5.00 Å². The Hall–Kier alpha value is -1.44. The van der Waals surface area contributed by atoms with Crippen molar-refractivity contribution >= 4 is 28.2 Å². The van der Waals surface area contributed by atoms with E-state index in [9.17, 15) is 9.59 Å². The van der Waals surface area contributed by atoms with Crippen molar-refractivity contribution in [3.8, 4) is 0 Å². The number of amides is 1. The fraction of sp³-hybridized carbons (Fsp3) is 0.625. The normalized spacial score (nSPS) is 13.5. The van der Waals surface area contributed by atoms with Gasteiger partial charge >= 0.3 is 5.97 Å². The fourth-order valence-electron chi connectivity index (χ4n) is 2.67. The van der Waals surface area contributed by atoms with Gasteiger partial charge in [0, 0.05) is 24.4 Å². The smallest absolute Gasteiger partial charge is 0.341 e. The molecule has 0 aromatic carbocycles. The largest absolute Gasteiger partial charge is 0.462 e. The van der Waals surface area contributed by atoms with Crippen molar-refractivity contribution in [2.75, 3.05) is 31.6 Å². The van der Waals surface area contributed by atoms with E-state index in [1.54, 1.807) is 6.92 Å². The van der Waals surface area contributed by atoms with Crippen LogP contribution in [0.3, 0.4) is 0 Å². The zero-order valence-corrected chi connectivity index (χ0v) is 14.3. The van der Waals surface area contributed by atoms with Gasteiger partial charge in [0.2, 0.25) is 5.91 Å². The van der Waals surface area contributed by atoms with Crippen LogP contribution in [-0.4, -0.2) is 43.3 Å². The summed E-state index contributed by atoms with van der Waals surface area (Å²) in [7, 11) is 0. The van der Waals surface area contributed by atoms with Crippen molar-refractivity contribution in [3.63, 3.8) is 0 Å². The zero-order chi connectivity index (χ0) is 16.7. The molecule has 0 atom stereocenters. The Morgan fingerprint density at radius 2 is 2.04 bits per heavy atom. The van der Waals surface area contributed by atoms with Crippen molar-refractivity contribution in [2.24, 2.45) is 0 Å². The molecule has 7 heteroatoms. The van der Waals surface area contributed by atoms with Crippen molar-refractivity contribution in [2.45, 2.75) is 39.0 Å². The number of aliphatic hydroxyl groups excluding tert-OH is 1. The summed E-state index contributed by atoms with van der Waals surface area (Å²) in [6, 6.07) is 0. The predicted molar refractivity (Wildman–Crippen MR) is 90.1 cm³/mol. The van der Waals surface area contributed by atoms with Gasteiger partial charge in [0.1, 0.15) is 5.00 Å². The number of ether oxygens (including phenoxy) is 1. The summed E-state index contributed by atoms with van der Waals surface area (Å²) in [4.78, 5) is 25.5. The maximum absolute atomic E-state index is 12.3. The summed E-state index contributed by atoms with van der Waals surface area (Å²) in [5.41, 5.74) is 1.59. The third kappa shape index (κ3) is 4.76. The first-order chi connectivity index (χ1) is 11.2. The Balaban J connectivity index is 2.09. The van der Waals surface area contributed by atoms with Crippen LogP contribution in [0.5, 0.6) is 0 Å². The van der Waals surface area contributed by atoms with Gasteiger partial charge in [-0.25, -0.2) is 4.79 Å². The summed E-state index contributed by atoms with van der Waals surface area (Å²) >= 11 is 1.50. The third-order valence-corrected chi connectivity index (χ3v) is 4.93. The van der Waals surface area contributed by atoms with Gasteiger partial charge in [0.15, 0.2) is 0 Å². The van der Waals surface area contributed by atoms with E-state index >= 15 is 0 Å². The van der Waals surface area contributed by atoms with E-state index in [2.05, 4.69) is 10.6 Å². The molecule has 23 heavy (non-hydrogen) atoms. The van der Waals surface area contributed by atoms with E-state index in [1.165, 1.54) is 16.2 Å². The Bertz CT molecular complexity index is 557. The molecule has 128 valence electrons. The number of rotatable bonds is 8. The second kappa shape index (κ2) is 9.00. The lowest BCUT2D eigenvalue weighted by atomic mass is 9.95. The van der Waals surface area contributed by atoms with Gasteiger partial charge in [-0.3, -0.25) is 4.79 Å². The van der Waals surface area contributed by atoms with Gasteiger partial charge in [0.05, 0.1) is 18.8 Å². The molecule has 0 saturated carbocycles. The predicted octanol–water partition coefficient (Wildman–Crippen LogP) is 1.71. The van der Waals surface area contributed by atoms with E-state index in [0.29, 0.717) is 36.7 Å². The highest BCUT2D eigenvalue weighted by Crippen LogP contribution is 2.38. The minimum absolute atomic E-state index is 0.0479. The molecule has 0 saturated heterocycles. The average Bonchev–Trinajstić information content (AvgIpc) is 2.89. The second-order valence-electron chi connectivity index (χ2n) is 5.41. The molecular formula is C16H24N2O4S. The van der Waals surface area contributed by atoms with E-state index in [4.69, 9.17) is 9.84 Å². The van der Waals surface area contributed by atoms with Gasteiger partial charge in [0.25, 0.3) is 0 Å². The second-order valence-corrected chi connectivity index (χ2v) is 6.51. The zero-order valence-electron chi connectivity index (χ0n) is 13.4. The van der Waals surface area contributed by atoms with Gasteiger partial charge in [-0.1, -0.05) is 0 Å². The Morgan fingerprint density at radius 1 is 1.26 bits per heavy atom. The number of hydrogen-bond acceptors (Lipinski definition) is 6. The minimum atomic E-state index is -0.347. The molecule has 0 aliphatic heterocycles. The van der Waals surface area contributed by atoms with Crippen LogP contribution in [0.25, 0.3) is 0 Å². The van der Waals surface area contributed by atoms with Crippen LogP contribution in [-0.2, 0) is 22.4 Å². The number of fused-ring (bicyclic) bond motifs is 1. The lowest BCUT2D eigenvalue weighted by molar-refractivity contribution is -0.116. The molecule has 3 N–H and O–H groups in total. The Morgan fingerprint density at radius 3 is 2.78 bits per heavy atom. The van der Waals surface area contributed by atoms with Gasteiger partial charge in [-0.05, 0) is 38.2 Å². The van der Waals surface area contributed by atoms with Crippen LogP contribution >= 0.6 is 11.3 Å². The maximum Gasteiger partial charge on any atom is 0.341 e. The summed E-state index contributed by atoms with van der Waals surface area (Å²) < 4.78 is 5.16. The molecule has 1 aliphatic rings. The number of aryl methyl sites for hydroxylation is 1. The molecule has 0 unspecified atom stereocenters. The van der Waals surface area contributed by atoms with Crippen molar-refractivity contribution in [1.82, 2.24) is 5.32 Å². The SMILES string of the molecule is CCOC(=O)c1c(NC(=O)CCNCCO)sc2c1CCCC2. The summed E-state index contributed by atoms with van der Waals surface area (Å²) in [5, 5.41) is 15.1. The highest BCUT2D eigenvalue weighted by atomic mass is 32.1. The molecule has 2 rings (SSSR count). The summed E-state index contributed by atoms with van der Waals surface area (Å²) in [5.74, 6) is -0.486. The van der Waals surface area contributed by atoms with Crippen LogP contribution in [0.15, 0.2) is 0 Å². The first-order valence-electron chi connectivity index (χ1n) is 8.10. The lowest BCUT2D eigenvalue weighted by Crippen LogP contribution is -2.24. The molecule has 0 radical (unpaired) electrons.